The van der Waals surface area contributed by atoms with Crippen molar-refractivity contribution in [2.45, 2.75) is 26.7 Å². The van der Waals surface area contributed by atoms with Crippen LogP contribution in [0.3, 0.4) is 0 Å². The van der Waals surface area contributed by atoms with Gasteiger partial charge in [0.25, 0.3) is 0 Å². The lowest BCUT2D eigenvalue weighted by Gasteiger charge is -2.04. The molecule has 18 heavy (non-hydrogen) atoms. The number of para-hydroxylation sites is 1. The number of oxime groups is 1. The Kier molecular flexibility index (Phi) is 3.55. The van der Waals surface area contributed by atoms with Gasteiger partial charge < -0.3 is 10.6 Å². The first-order valence-electron chi connectivity index (χ1n) is 6.03. The maximum atomic E-state index is 8.86. The zero-order valence-electron chi connectivity index (χ0n) is 10.6. The maximum Gasteiger partial charge on any atom is 0.0858 e. The molecule has 1 aliphatic rings. The van der Waals surface area contributed by atoms with Gasteiger partial charge in [-0.25, -0.2) is 0 Å². The topological polar surface area (TPSA) is 68.8 Å². The molecule has 1 fully saturated rings. The molecule has 0 aromatic heterocycles. The number of nitrogens with zero attached hydrogens (tertiary/aromatic N) is 2. The van der Waals surface area contributed by atoms with Crippen LogP contribution < -0.4 is 0 Å². The zero-order chi connectivity index (χ0) is 13.1. The highest BCUT2D eigenvalue weighted by molar-refractivity contribution is 6.12. The quantitative estimate of drug-likeness (QED) is 0.466. The Morgan fingerprint density at radius 2 is 2.11 bits per heavy atom. The summed E-state index contributed by atoms with van der Waals surface area (Å²) in [7, 11) is 0. The van der Waals surface area contributed by atoms with Crippen molar-refractivity contribution in [3.8, 4) is 0 Å². The minimum Gasteiger partial charge on any atom is -0.411 e. The van der Waals surface area contributed by atoms with Gasteiger partial charge in [-0.2, -0.15) is 0 Å². The molecule has 1 aromatic carbocycles. The van der Waals surface area contributed by atoms with Crippen LogP contribution in [0.5, 0.6) is 0 Å². The van der Waals surface area contributed by atoms with Crippen LogP contribution >= 0.6 is 0 Å². The molecule has 2 N–H and O–H groups in total. The van der Waals surface area contributed by atoms with E-state index in [4.69, 9.17) is 10.6 Å². The summed E-state index contributed by atoms with van der Waals surface area (Å²) in [6.45, 7) is 3.80. The standard InChI is InChI=1S/C14H17N3O/c1-9-7-11(8-13(9)15)16-14-6-4-3-5-12(14)10(2)17-18/h3-6,9,15,18H,7-8H2,1-2H3. The molecule has 0 radical (unpaired) electrons. The van der Waals surface area contributed by atoms with E-state index >= 15 is 0 Å². The normalized spacial score (nSPS) is 22.8. The van der Waals surface area contributed by atoms with Crippen molar-refractivity contribution in [1.82, 2.24) is 0 Å². The molecule has 4 heteroatoms. The van der Waals surface area contributed by atoms with E-state index in [1.54, 1.807) is 6.92 Å². The number of rotatable bonds is 2. The van der Waals surface area contributed by atoms with Crippen LogP contribution in [0.25, 0.3) is 0 Å². The van der Waals surface area contributed by atoms with Gasteiger partial charge in [-0.05, 0) is 25.3 Å². The molecule has 1 saturated carbocycles. The van der Waals surface area contributed by atoms with Crippen LogP contribution in [0.4, 0.5) is 5.69 Å². The average molecular weight is 243 g/mol. The zero-order valence-corrected chi connectivity index (χ0v) is 10.6. The number of hydrogen-bond acceptors (Lipinski definition) is 4. The predicted molar refractivity (Wildman–Crippen MR) is 73.7 cm³/mol. The van der Waals surface area contributed by atoms with Gasteiger partial charge in [0.1, 0.15) is 0 Å². The summed E-state index contributed by atoms with van der Waals surface area (Å²) >= 11 is 0. The third-order valence-corrected chi connectivity index (χ3v) is 3.25. The summed E-state index contributed by atoms with van der Waals surface area (Å²) in [5.41, 5.74) is 3.98. The molecule has 0 saturated heterocycles. The minimum absolute atomic E-state index is 0.295. The fourth-order valence-corrected chi connectivity index (χ4v) is 2.13. The van der Waals surface area contributed by atoms with Gasteiger partial charge in [-0.1, -0.05) is 30.3 Å². The Hall–Kier alpha value is -1.97. The first kappa shape index (κ1) is 12.5. The second kappa shape index (κ2) is 5.12. The lowest BCUT2D eigenvalue weighted by molar-refractivity contribution is 0.319. The van der Waals surface area contributed by atoms with Crippen LogP contribution in [0.2, 0.25) is 0 Å². The van der Waals surface area contributed by atoms with E-state index < -0.39 is 0 Å². The number of hydrogen-bond donors (Lipinski definition) is 2. The molecule has 1 unspecified atom stereocenters. The van der Waals surface area contributed by atoms with Crippen LogP contribution in [0.1, 0.15) is 32.3 Å². The summed E-state index contributed by atoms with van der Waals surface area (Å²) in [4.78, 5) is 4.61. The number of benzene rings is 1. The Morgan fingerprint density at radius 1 is 1.39 bits per heavy atom. The molecule has 1 atom stereocenters. The van der Waals surface area contributed by atoms with Gasteiger partial charge in [0.15, 0.2) is 0 Å². The molecule has 1 aromatic rings. The van der Waals surface area contributed by atoms with E-state index in [-0.39, 0.29) is 0 Å². The molecular formula is C14H17N3O. The fourth-order valence-electron chi connectivity index (χ4n) is 2.13. The highest BCUT2D eigenvalue weighted by Crippen LogP contribution is 2.25. The molecule has 0 amide bonds. The van der Waals surface area contributed by atoms with E-state index in [9.17, 15) is 0 Å². The van der Waals surface area contributed by atoms with Crippen LogP contribution in [-0.2, 0) is 0 Å². The van der Waals surface area contributed by atoms with Crippen LogP contribution in [0, 0.1) is 11.3 Å². The Morgan fingerprint density at radius 3 is 2.72 bits per heavy atom. The third-order valence-electron chi connectivity index (χ3n) is 3.25. The second-order valence-electron chi connectivity index (χ2n) is 4.69. The van der Waals surface area contributed by atoms with Crippen molar-refractivity contribution in [1.29, 1.82) is 5.41 Å². The maximum absolute atomic E-state index is 8.86. The van der Waals surface area contributed by atoms with Gasteiger partial charge in [0, 0.05) is 23.4 Å². The largest absolute Gasteiger partial charge is 0.411 e. The molecular weight excluding hydrogens is 226 g/mol. The van der Waals surface area contributed by atoms with Crippen molar-refractivity contribution >= 4 is 22.8 Å². The first-order chi connectivity index (χ1) is 8.61. The van der Waals surface area contributed by atoms with Gasteiger partial charge in [0.05, 0.1) is 11.4 Å². The average Bonchev–Trinajstić information content (AvgIpc) is 2.68. The summed E-state index contributed by atoms with van der Waals surface area (Å²) in [5.74, 6) is 0.295. The van der Waals surface area contributed by atoms with Crippen LogP contribution in [-0.4, -0.2) is 22.3 Å². The smallest absolute Gasteiger partial charge is 0.0858 e. The molecule has 94 valence electrons. The van der Waals surface area contributed by atoms with E-state index in [0.717, 1.165) is 29.1 Å². The molecule has 1 aliphatic carbocycles. The highest BCUT2D eigenvalue weighted by Gasteiger charge is 2.22. The SMILES string of the molecule is CC(=NO)c1ccccc1N=C1CC(=N)C(C)C1. The van der Waals surface area contributed by atoms with Gasteiger partial charge in [-0.15, -0.1) is 0 Å². The highest BCUT2D eigenvalue weighted by atomic mass is 16.4. The van der Waals surface area contributed by atoms with Crippen molar-refractivity contribution in [2.24, 2.45) is 16.1 Å². The Balaban J connectivity index is 2.35. The van der Waals surface area contributed by atoms with Gasteiger partial charge in [0.2, 0.25) is 0 Å². The van der Waals surface area contributed by atoms with E-state index in [2.05, 4.69) is 17.1 Å². The van der Waals surface area contributed by atoms with Crippen LogP contribution in [0.15, 0.2) is 34.4 Å². The number of aliphatic imine (C=N–C) groups is 1. The molecule has 0 heterocycles. The predicted octanol–water partition coefficient (Wildman–Crippen LogP) is 3.41. The van der Waals surface area contributed by atoms with Crippen molar-refractivity contribution < 1.29 is 5.21 Å². The molecule has 4 nitrogen and oxygen atoms in total. The van der Waals surface area contributed by atoms with E-state index in [0.29, 0.717) is 18.1 Å². The summed E-state index contributed by atoms with van der Waals surface area (Å²) in [6.07, 6.45) is 1.51. The fraction of sp³-hybridized carbons (Fsp3) is 0.357. The van der Waals surface area contributed by atoms with E-state index in [1.807, 2.05) is 24.3 Å². The first-order valence-corrected chi connectivity index (χ1v) is 6.03. The van der Waals surface area contributed by atoms with Crippen molar-refractivity contribution in [3.05, 3.63) is 29.8 Å². The Labute approximate surface area is 107 Å². The lowest BCUT2D eigenvalue weighted by Crippen LogP contribution is -1.97. The van der Waals surface area contributed by atoms with Gasteiger partial charge in [-0.3, -0.25) is 4.99 Å². The molecule has 0 spiro atoms. The molecule has 0 aliphatic heterocycles. The Bertz CT molecular complexity index is 532. The summed E-state index contributed by atoms with van der Waals surface area (Å²) in [6, 6.07) is 7.60. The summed E-state index contributed by atoms with van der Waals surface area (Å²) < 4.78 is 0. The molecule has 2 rings (SSSR count). The monoisotopic (exact) mass is 243 g/mol. The summed E-state index contributed by atoms with van der Waals surface area (Å²) in [5, 5.41) is 19.9. The van der Waals surface area contributed by atoms with Crippen molar-refractivity contribution in [3.63, 3.8) is 0 Å². The van der Waals surface area contributed by atoms with Gasteiger partial charge >= 0.3 is 0 Å². The third kappa shape index (κ3) is 2.47. The second-order valence-corrected chi connectivity index (χ2v) is 4.69. The molecule has 0 bridgehead atoms. The lowest BCUT2D eigenvalue weighted by atomic mass is 10.1. The minimum atomic E-state index is 0.295. The van der Waals surface area contributed by atoms with Crippen molar-refractivity contribution in [2.75, 3.05) is 0 Å². The van der Waals surface area contributed by atoms with E-state index in [1.165, 1.54) is 0 Å². The number of nitrogens with one attached hydrogen (secondary N) is 1.